The summed E-state index contributed by atoms with van der Waals surface area (Å²) >= 11 is 0. The summed E-state index contributed by atoms with van der Waals surface area (Å²) in [4.78, 5) is 14.1. The second-order valence-corrected chi connectivity index (χ2v) is 6.44. The van der Waals surface area contributed by atoms with E-state index in [4.69, 9.17) is 0 Å². The molecule has 0 fully saturated rings. The lowest BCUT2D eigenvalue weighted by Crippen LogP contribution is -2.31. The van der Waals surface area contributed by atoms with Gasteiger partial charge in [-0.2, -0.15) is 4.80 Å². The number of hydrogen-bond donors (Lipinski definition) is 1. The topological polar surface area (TPSA) is 72.7 Å². The summed E-state index contributed by atoms with van der Waals surface area (Å²) < 4.78 is 13.5. The number of carbonyl (C=O) groups is 1. The highest BCUT2D eigenvalue weighted by Crippen LogP contribution is 2.22. The van der Waals surface area contributed by atoms with Crippen molar-refractivity contribution in [3.05, 3.63) is 59.9 Å². The molecule has 1 atom stereocenters. The molecule has 26 heavy (non-hydrogen) atoms. The van der Waals surface area contributed by atoms with Gasteiger partial charge in [0.05, 0.1) is 0 Å². The molecule has 0 aliphatic carbocycles. The lowest BCUT2D eigenvalue weighted by atomic mass is 10.0. The van der Waals surface area contributed by atoms with Gasteiger partial charge in [0, 0.05) is 11.3 Å². The van der Waals surface area contributed by atoms with Crippen molar-refractivity contribution < 1.29 is 9.18 Å². The first-order chi connectivity index (χ1) is 12.5. The third-order valence-electron chi connectivity index (χ3n) is 4.07. The van der Waals surface area contributed by atoms with E-state index in [-0.39, 0.29) is 11.8 Å². The molecule has 1 N–H and O–H groups in total. The zero-order valence-electron chi connectivity index (χ0n) is 14.8. The van der Waals surface area contributed by atoms with Crippen LogP contribution in [0.2, 0.25) is 0 Å². The average Bonchev–Trinajstić information content (AvgIpc) is 3.08. The number of aromatic nitrogens is 4. The Labute approximate surface area is 151 Å². The minimum Gasteiger partial charge on any atom is -0.324 e. The number of carbonyl (C=O) groups excluding carboxylic acids is 1. The maximum atomic E-state index is 13.5. The predicted molar refractivity (Wildman–Crippen MR) is 96.9 cm³/mol. The monoisotopic (exact) mass is 353 g/mol. The van der Waals surface area contributed by atoms with Crippen LogP contribution in [0.25, 0.3) is 11.4 Å². The van der Waals surface area contributed by atoms with E-state index in [1.54, 1.807) is 13.0 Å². The zero-order valence-corrected chi connectivity index (χ0v) is 14.8. The first-order valence-corrected chi connectivity index (χ1v) is 8.37. The molecular formula is C19H20FN5O. The highest BCUT2D eigenvalue weighted by atomic mass is 19.1. The summed E-state index contributed by atoms with van der Waals surface area (Å²) in [6.07, 6.45) is 0. The summed E-state index contributed by atoms with van der Waals surface area (Å²) in [5, 5.41) is 15.2. The molecule has 134 valence electrons. The third-order valence-corrected chi connectivity index (χ3v) is 4.07. The van der Waals surface area contributed by atoms with Crippen LogP contribution in [-0.2, 0) is 4.79 Å². The highest BCUT2D eigenvalue weighted by Gasteiger charge is 2.27. The summed E-state index contributed by atoms with van der Waals surface area (Å²) in [6, 6.07) is 13.0. The van der Waals surface area contributed by atoms with Crippen LogP contribution >= 0.6 is 0 Å². The SMILES string of the molecule is Cc1ccc(F)cc1NC(=O)C(C(C)C)n1nnc(-c2ccccc2)n1. The number of hydrogen-bond acceptors (Lipinski definition) is 4. The van der Waals surface area contributed by atoms with Crippen molar-refractivity contribution in [3.8, 4) is 11.4 Å². The van der Waals surface area contributed by atoms with Gasteiger partial charge in [-0.25, -0.2) is 4.39 Å². The van der Waals surface area contributed by atoms with Gasteiger partial charge in [0.1, 0.15) is 5.82 Å². The standard InChI is InChI=1S/C19H20FN5O/c1-12(2)17(19(26)21-16-11-15(20)10-9-13(16)3)25-23-18(22-24-25)14-7-5-4-6-8-14/h4-12,17H,1-3H3,(H,21,26). The maximum absolute atomic E-state index is 13.5. The molecule has 0 spiro atoms. The Kier molecular flexibility index (Phi) is 5.06. The highest BCUT2D eigenvalue weighted by molar-refractivity contribution is 5.94. The van der Waals surface area contributed by atoms with E-state index in [0.717, 1.165) is 11.1 Å². The second kappa shape index (κ2) is 7.43. The van der Waals surface area contributed by atoms with Gasteiger partial charge in [-0.05, 0) is 35.8 Å². The quantitative estimate of drug-likeness (QED) is 0.760. The summed E-state index contributed by atoms with van der Waals surface area (Å²) in [5.74, 6) is -0.351. The minimum absolute atomic E-state index is 0.0818. The molecule has 3 rings (SSSR count). The molecule has 0 bridgehead atoms. The molecule has 0 saturated carbocycles. The number of aryl methyl sites for hydroxylation is 1. The van der Waals surface area contributed by atoms with Crippen molar-refractivity contribution >= 4 is 11.6 Å². The van der Waals surface area contributed by atoms with Gasteiger partial charge >= 0.3 is 0 Å². The second-order valence-electron chi connectivity index (χ2n) is 6.44. The van der Waals surface area contributed by atoms with E-state index >= 15 is 0 Å². The lowest BCUT2D eigenvalue weighted by molar-refractivity contribution is -0.121. The molecule has 0 radical (unpaired) electrons. The van der Waals surface area contributed by atoms with Crippen molar-refractivity contribution in [1.29, 1.82) is 0 Å². The Hall–Kier alpha value is -3.09. The fourth-order valence-corrected chi connectivity index (χ4v) is 2.66. The van der Waals surface area contributed by atoms with Crippen LogP contribution in [0.15, 0.2) is 48.5 Å². The number of amides is 1. The molecule has 3 aromatic rings. The Morgan fingerprint density at radius 1 is 1.15 bits per heavy atom. The smallest absolute Gasteiger partial charge is 0.251 e. The van der Waals surface area contributed by atoms with Crippen molar-refractivity contribution in [1.82, 2.24) is 20.2 Å². The molecule has 1 aromatic heterocycles. The molecule has 7 heteroatoms. The van der Waals surface area contributed by atoms with E-state index in [1.807, 2.05) is 44.2 Å². The van der Waals surface area contributed by atoms with Crippen LogP contribution in [0.1, 0.15) is 25.5 Å². The van der Waals surface area contributed by atoms with Crippen LogP contribution in [0, 0.1) is 18.7 Å². The number of rotatable bonds is 5. The van der Waals surface area contributed by atoms with Crippen molar-refractivity contribution in [2.45, 2.75) is 26.8 Å². The van der Waals surface area contributed by atoms with Gasteiger partial charge in [0.15, 0.2) is 6.04 Å². The van der Waals surface area contributed by atoms with Crippen LogP contribution in [-0.4, -0.2) is 26.1 Å². The molecule has 0 aliphatic heterocycles. The van der Waals surface area contributed by atoms with Gasteiger partial charge in [-0.15, -0.1) is 10.2 Å². The molecule has 0 saturated heterocycles. The lowest BCUT2D eigenvalue weighted by Gasteiger charge is -2.19. The Morgan fingerprint density at radius 2 is 1.88 bits per heavy atom. The Morgan fingerprint density at radius 3 is 2.58 bits per heavy atom. The molecule has 2 aromatic carbocycles. The van der Waals surface area contributed by atoms with Gasteiger partial charge in [-0.3, -0.25) is 4.79 Å². The van der Waals surface area contributed by atoms with Crippen LogP contribution in [0.5, 0.6) is 0 Å². The number of nitrogens with one attached hydrogen (secondary N) is 1. The third kappa shape index (κ3) is 3.77. The normalized spacial score (nSPS) is 12.2. The molecule has 1 unspecified atom stereocenters. The molecule has 6 nitrogen and oxygen atoms in total. The first kappa shape index (κ1) is 17.7. The largest absolute Gasteiger partial charge is 0.324 e. The maximum Gasteiger partial charge on any atom is 0.251 e. The zero-order chi connectivity index (χ0) is 18.7. The van der Waals surface area contributed by atoms with Crippen molar-refractivity contribution in [2.24, 2.45) is 5.92 Å². The van der Waals surface area contributed by atoms with E-state index in [0.29, 0.717) is 11.5 Å². The molecule has 1 amide bonds. The summed E-state index contributed by atoms with van der Waals surface area (Å²) in [7, 11) is 0. The Bertz CT molecular complexity index is 907. The van der Waals surface area contributed by atoms with Crippen LogP contribution in [0.3, 0.4) is 0 Å². The van der Waals surface area contributed by atoms with E-state index in [1.165, 1.54) is 16.9 Å². The van der Waals surface area contributed by atoms with E-state index in [9.17, 15) is 9.18 Å². The minimum atomic E-state index is -0.664. The number of benzene rings is 2. The summed E-state index contributed by atoms with van der Waals surface area (Å²) in [6.45, 7) is 5.60. The van der Waals surface area contributed by atoms with Crippen LogP contribution < -0.4 is 5.32 Å². The van der Waals surface area contributed by atoms with Crippen molar-refractivity contribution in [3.63, 3.8) is 0 Å². The Balaban J connectivity index is 1.86. The molecule has 0 aliphatic rings. The van der Waals surface area contributed by atoms with Gasteiger partial charge < -0.3 is 5.32 Å². The van der Waals surface area contributed by atoms with Crippen molar-refractivity contribution in [2.75, 3.05) is 5.32 Å². The number of nitrogens with zero attached hydrogens (tertiary/aromatic N) is 4. The van der Waals surface area contributed by atoms with Gasteiger partial charge in [0.25, 0.3) is 5.91 Å². The van der Waals surface area contributed by atoms with E-state index in [2.05, 4.69) is 20.7 Å². The van der Waals surface area contributed by atoms with Crippen LogP contribution in [0.4, 0.5) is 10.1 Å². The molecular weight excluding hydrogens is 333 g/mol. The van der Waals surface area contributed by atoms with Gasteiger partial charge in [0.2, 0.25) is 5.82 Å². The predicted octanol–water partition coefficient (Wildman–Crippen LogP) is 3.62. The fourth-order valence-electron chi connectivity index (χ4n) is 2.66. The fraction of sp³-hybridized carbons (Fsp3) is 0.263. The number of halogens is 1. The molecule has 1 heterocycles. The average molecular weight is 353 g/mol. The number of tetrazole rings is 1. The summed E-state index contributed by atoms with van der Waals surface area (Å²) in [5.41, 5.74) is 2.03. The van der Waals surface area contributed by atoms with E-state index < -0.39 is 11.9 Å². The number of anilines is 1. The van der Waals surface area contributed by atoms with Gasteiger partial charge in [-0.1, -0.05) is 50.2 Å². The first-order valence-electron chi connectivity index (χ1n) is 8.37.